The third-order valence-corrected chi connectivity index (χ3v) is 5.69. The van der Waals surface area contributed by atoms with Crippen LogP contribution in [-0.2, 0) is 9.53 Å². The minimum absolute atomic E-state index is 0.260. The van der Waals surface area contributed by atoms with Gasteiger partial charge in [0.1, 0.15) is 10.9 Å². The van der Waals surface area contributed by atoms with Crippen molar-refractivity contribution in [1.29, 1.82) is 0 Å². The average Bonchev–Trinajstić information content (AvgIpc) is 2.85. The van der Waals surface area contributed by atoms with Crippen molar-refractivity contribution in [2.75, 3.05) is 12.0 Å². The number of primary amides is 1. The van der Waals surface area contributed by atoms with Gasteiger partial charge in [0, 0.05) is 4.88 Å². The number of thiophene rings is 1. The molecule has 2 heterocycles. The zero-order chi connectivity index (χ0) is 19.4. The number of fused-ring (bicyclic) bond motifs is 1. The van der Waals surface area contributed by atoms with Gasteiger partial charge < -0.3 is 20.8 Å². The molecule has 142 valence electrons. The summed E-state index contributed by atoms with van der Waals surface area (Å²) in [7, 11) is 0. The average molecular weight is 399 g/mol. The molecular weight excluding hydrogens is 376 g/mol. The number of carbonyl (C=O) groups excluding carboxylic acids is 2. The van der Waals surface area contributed by atoms with Gasteiger partial charge in [-0.15, -0.1) is 11.3 Å². The van der Waals surface area contributed by atoms with Crippen molar-refractivity contribution in [2.45, 2.75) is 39.3 Å². The second-order valence-electron chi connectivity index (χ2n) is 5.84. The summed E-state index contributed by atoms with van der Waals surface area (Å²) in [6, 6.07) is -1.64. The molecular formula is C16H22N4O4S2. The number of hydrogen-bond donors (Lipinski definition) is 3. The molecule has 0 aromatic carbocycles. The van der Waals surface area contributed by atoms with Crippen LogP contribution in [0.4, 0.5) is 4.79 Å². The fourth-order valence-electron chi connectivity index (χ4n) is 2.43. The van der Waals surface area contributed by atoms with E-state index in [2.05, 4.69) is 15.3 Å². The Balaban J connectivity index is 2.21. The minimum Gasteiger partial charge on any atom is -0.453 e. The second-order valence-corrected chi connectivity index (χ2v) is 8.03. The molecule has 0 aliphatic carbocycles. The van der Waals surface area contributed by atoms with Crippen LogP contribution in [0, 0.1) is 13.8 Å². The first-order valence-electron chi connectivity index (χ1n) is 7.99. The van der Waals surface area contributed by atoms with Crippen LogP contribution in [-0.4, -0.2) is 40.0 Å². The van der Waals surface area contributed by atoms with Gasteiger partial charge in [0.25, 0.3) is 5.56 Å². The summed E-state index contributed by atoms with van der Waals surface area (Å²) >= 11 is 2.96. The Hall–Kier alpha value is -2.07. The largest absolute Gasteiger partial charge is 0.453 e. The van der Waals surface area contributed by atoms with Gasteiger partial charge in [-0.25, -0.2) is 14.6 Å². The number of H-pyrrole nitrogens is 1. The van der Waals surface area contributed by atoms with E-state index < -0.39 is 24.1 Å². The fraction of sp³-hybridized carbons (Fsp3) is 0.500. The van der Waals surface area contributed by atoms with Gasteiger partial charge >= 0.3 is 12.0 Å². The molecule has 26 heavy (non-hydrogen) atoms. The van der Waals surface area contributed by atoms with Crippen LogP contribution in [0.25, 0.3) is 10.2 Å². The number of thioether (sulfide) groups is 1. The summed E-state index contributed by atoms with van der Waals surface area (Å²) in [5.74, 6) is 0.301. The van der Waals surface area contributed by atoms with Crippen LogP contribution in [0.1, 0.15) is 35.7 Å². The first-order valence-corrected chi connectivity index (χ1v) is 10.2. The van der Waals surface area contributed by atoms with Crippen molar-refractivity contribution in [3.63, 3.8) is 0 Å². The molecule has 0 radical (unpaired) electrons. The van der Waals surface area contributed by atoms with Gasteiger partial charge in [-0.2, -0.15) is 11.8 Å². The van der Waals surface area contributed by atoms with Crippen LogP contribution in [0.5, 0.6) is 0 Å². The number of nitrogens with two attached hydrogens (primary N) is 1. The summed E-state index contributed by atoms with van der Waals surface area (Å²) in [6.45, 7) is 5.42. The number of amides is 2. The molecule has 10 heteroatoms. The standard InChI is InChI=1S/C16H22N4O4S2/c1-7-9(3)26-14-11(7)13(21)19-12(20-14)8(2)24-15(22)10(5-6-25-4)18-16(17)23/h8,10H,5-6H2,1-4H3,(H3,17,18,23)(H,19,20,21)/t8-,10-/m1/s1. The number of ether oxygens (including phenoxy) is 1. The SMILES string of the molecule is CSCC[C@@H](NC(N)=O)C(=O)O[C@H](C)c1nc2sc(C)c(C)c2c(=O)[nH]1. The molecule has 2 aromatic heterocycles. The summed E-state index contributed by atoms with van der Waals surface area (Å²) in [5.41, 5.74) is 5.76. The maximum absolute atomic E-state index is 12.4. The van der Waals surface area contributed by atoms with Gasteiger partial charge in [-0.3, -0.25) is 4.79 Å². The molecule has 2 atom stereocenters. The lowest BCUT2D eigenvalue weighted by Crippen LogP contribution is -2.45. The molecule has 0 unspecified atom stereocenters. The Morgan fingerprint density at radius 2 is 2.12 bits per heavy atom. The lowest BCUT2D eigenvalue weighted by Gasteiger charge is -2.19. The molecule has 2 amide bonds. The molecule has 0 aliphatic heterocycles. The minimum atomic E-state index is -0.843. The van der Waals surface area contributed by atoms with E-state index in [9.17, 15) is 14.4 Å². The third kappa shape index (κ3) is 4.55. The fourth-order valence-corrected chi connectivity index (χ4v) is 3.94. The van der Waals surface area contributed by atoms with Crippen molar-refractivity contribution in [3.05, 3.63) is 26.6 Å². The predicted octanol–water partition coefficient (Wildman–Crippen LogP) is 2.00. The Kier molecular flexibility index (Phi) is 6.65. The van der Waals surface area contributed by atoms with E-state index in [-0.39, 0.29) is 11.4 Å². The summed E-state index contributed by atoms with van der Waals surface area (Å²) in [6.07, 6.45) is 1.51. The topological polar surface area (TPSA) is 127 Å². The molecule has 0 spiro atoms. The highest BCUT2D eigenvalue weighted by Gasteiger charge is 2.25. The molecule has 0 aliphatic rings. The highest BCUT2D eigenvalue weighted by Crippen LogP contribution is 2.27. The lowest BCUT2D eigenvalue weighted by molar-refractivity contribution is -0.151. The van der Waals surface area contributed by atoms with Gasteiger partial charge in [0.15, 0.2) is 11.9 Å². The van der Waals surface area contributed by atoms with Crippen LogP contribution in [0.15, 0.2) is 4.79 Å². The molecule has 4 N–H and O–H groups in total. The number of esters is 1. The normalized spacial score (nSPS) is 13.4. The first kappa shape index (κ1) is 20.2. The van der Waals surface area contributed by atoms with Crippen molar-refractivity contribution in [3.8, 4) is 0 Å². The van der Waals surface area contributed by atoms with E-state index in [1.165, 1.54) is 23.1 Å². The van der Waals surface area contributed by atoms with Crippen LogP contribution in [0.3, 0.4) is 0 Å². The quantitative estimate of drug-likeness (QED) is 0.612. The zero-order valence-electron chi connectivity index (χ0n) is 15.0. The van der Waals surface area contributed by atoms with Gasteiger partial charge in [-0.05, 0) is 44.8 Å². The lowest BCUT2D eigenvalue weighted by atomic mass is 10.2. The number of nitrogens with one attached hydrogen (secondary N) is 2. The highest BCUT2D eigenvalue weighted by atomic mass is 32.2. The molecule has 0 saturated carbocycles. The van der Waals surface area contributed by atoms with E-state index in [0.29, 0.717) is 22.4 Å². The van der Waals surface area contributed by atoms with Gasteiger partial charge in [-0.1, -0.05) is 0 Å². The Morgan fingerprint density at radius 1 is 1.42 bits per heavy atom. The molecule has 8 nitrogen and oxygen atoms in total. The van der Waals surface area contributed by atoms with Crippen LogP contribution >= 0.6 is 23.1 Å². The Morgan fingerprint density at radius 3 is 2.73 bits per heavy atom. The second kappa shape index (κ2) is 8.54. The third-order valence-electron chi connectivity index (χ3n) is 3.95. The summed E-state index contributed by atoms with van der Waals surface area (Å²) in [4.78, 5) is 44.5. The van der Waals surface area contributed by atoms with E-state index in [1.54, 1.807) is 6.92 Å². The van der Waals surface area contributed by atoms with Gasteiger partial charge in [0.05, 0.1) is 5.39 Å². The van der Waals surface area contributed by atoms with E-state index in [4.69, 9.17) is 10.5 Å². The first-order chi connectivity index (χ1) is 12.2. The zero-order valence-corrected chi connectivity index (χ0v) is 16.7. The predicted molar refractivity (Wildman–Crippen MR) is 104 cm³/mol. The monoisotopic (exact) mass is 398 g/mol. The van der Waals surface area contributed by atoms with Crippen LogP contribution in [0.2, 0.25) is 0 Å². The highest BCUT2D eigenvalue weighted by molar-refractivity contribution is 7.98. The summed E-state index contributed by atoms with van der Waals surface area (Å²) < 4.78 is 5.39. The van der Waals surface area contributed by atoms with Crippen molar-refractivity contribution >= 4 is 45.3 Å². The Bertz CT molecular complexity index is 877. The van der Waals surface area contributed by atoms with Crippen molar-refractivity contribution in [2.24, 2.45) is 5.73 Å². The van der Waals surface area contributed by atoms with Crippen LogP contribution < -0.4 is 16.6 Å². The van der Waals surface area contributed by atoms with E-state index >= 15 is 0 Å². The number of rotatable bonds is 7. The Labute approximate surface area is 158 Å². The van der Waals surface area contributed by atoms with E-state index in [1.807, 2.05) is 20.1 Å². The molecule has 2 aromatic rings. The van der Waals surface area contributed by atoms with E-state index in [0.717, 1.165) is 10.4 Å². The smallest absolute Gasteiger partial charge is 0.329 e. The number of aromatic amines is 1. The number of aromatic nitrogens is 2. The van der Waals surface area contributed by atoms with Gasteiger partial charge in [0.2, 0.25) is 0 Å². The van der Waals surface area contributed by atoms with Crippen molar-refractivity contribution in [1.82, 2.24) is 15.3 Å². The number of carbonyl (C=O) groups is 2. The molecule has 0 fully saturated rings. The molecule has 2 rings (SSSR count). The number of nitrogens with zero attached hydrogens (tertiary/aromatic N) is 1. The van der Waals surface area contributed by atoms with Crippen molar-refractivity contribution < 1.29 is 14.3 Å². The number of aryl methyl sites for hydroxylation is 2. The number of hydrogen-bond acceptors (Lipinski definition) is 7. The maximum atomic E-state index is 12.4. The number of urea groups is 1. The molecule has 0 bridgehead atoms. The molecule has 0 saturated heterocycles. The maximum Gasteiger partial charge on any atom is 0.329 e. The summed E-state index contributed by atoms with van der Waals surface area (Å²) in [5, 5.41) is 2.94.